The third kappa shape index (κ3) is 5.16. The minimum atomic E-state index is -3.61. The van der Waals surface area contributed by atoms with E-state index in [-0.39, 0.29) is 28.8 Å². The van der Waals surface area contributed by atoms with Crippen molar-refractivity contribution in [2.45, 2.75) is 36.6 Å². The number of hydrogen-bond acceptors (Lipinski definition) is 7. The van der Waals surface area contributed by atoms with Crippen LogP contribution in [0.3, 0.4) is 0 Å². The SMILES string of the molecule is CC(=O)NCc1ccc(S(=O)(=O)N2CCCC(Oc3ncc(Cl)cn3)C2)s1. The monoisotopic (exact) mass is 430 g/mol. The molecule has 3 rings (SSSR count). The maximum atomic E-state index is 12.9. The maximum Gasteiger partial charge on any atom is 0.316 e. The highest BCUT2D eigenvalue weighted by Gasteiger charge is 2.32. The van der Waals surface area contributed by atoms with Gasteiger partial charge in [-0.25, -0.2) is 18.4 Å². The first-order valence-electron chi connectivity index (χ1n) is 8.32. The van der Waals surface area contributed by atoms with E-state index >= 15 is 0 Å². The Morgan fingerprint density at radius 2 is 2.15 bits per heavy atom. The Labute approximate surface area is 166 Å². The summed E-state index contributed by atoms with van der Waals surface area (Å²) >= 11 is 6.91. The molecule has 1 aliphatic heterocycles. The summed E-state index contributed by atoms with van der Waals surface area (Å²) in [7, 11) is -3.61. The van der Waals surface area contributed by atoms with E-state index in [4.69, 9.17) is 16.3 Å². The van der Waals surface area contributed by atoms with Crippen LogP contribution in [-0.4, -0.2) is 47.8 Å². The minimum absolute atomic E-state index is 0.159. The van der Waals surface area contributed by atoms with Crippen molar-refractivity contribution in [3.63, 3.8) is 0 Å². The quantitative estimate of drug-likeness (QED) is 0.752. The van der Waals surface area contributed by atoms with Crippen LogP contribution in [-0.2, 0) is 21.4 Å². The summed E-state index contributed by atoms with van der Waals surface area (Å²) in [6.45, 7) is 2.40. The molecule has 1 unspecified atom stereocenters. The largest absolute Gasteiger partial charge is 0.459 e. The van der Waals surface area contributed by atoms with Crippen LogP contribution in [0.1, 0.15) is 24.6 Å². The fourth-order valence-electron chi connectivity index (χ4n) is 2.66. The summed E-state index contributed by atoms with van der Waals surface area (Å²) in [6.07, 6.45) is 3.94. The minimum Gasteiger partial charge on any atom is -0.459 e. The number of amides is 1. The molecule has 1 saturated heterocycles. The summed E-state index contributed by atoms with van der Waals surface area (Å²) < 4.78 is 33.2. The zero-order chi connectivity index (χ0) is 19.4. The van der Waals surface area contributed by atoms with Crippen LogP contribution in [0.25, 0.3) is 0 Å². The highest BCUT2D eigenvalue weighted by atomic mass is 35.5. The lowest BCUT2D eigenvalue weighted by Crippen LogP contribution is -2.44. The van der Waals surface area contributed by atoms with Gasteiger partial charge in [0.2, 0.25) is 5.91 Å². The molecule has 8 nitrogen and oxygen atoms in total. The Bertz CT molecular complexity index is 901. The van der Waals surface area contributed by atoms with Crippen molar-refractivity contribution in [2.75, 3.05) is 13.1 Å². The second-order valence-electron chi connectivity index (χ2n) is 6.06. The summed E-state index contributed by atoms with van der Waals surface area (Å²) in [5.74, 6) is -0.159. The Morgan fingerprint density at radius 3 is 2.85 bits per heavy atom. The van der Waals surface area contributed by atoms with Gasteiger partial charge in [-0.3, -0.25) is 4.79 Å². The topological polar surface area (TPSA) is 101 Å². The maximum absolute atomic E-state index is 12.9. The van der Waals surface area contributed by atoms with Crippen molar-refractivity contribution in [1.82, 2.24) is 19.6 Å². The van der Waals surface area contributed by atoms with Crippen LogP contribution in [0.5, 0.6) is 6.01 Å². The van der Waals surface area contributed by atoms with Crippen LogP contribution in [0, 0.1) is 0 Å². The summed E-state index contributed by atoms with van der Waals surface area (Å²) in [5, 5.41) is 3.07. The van der Waals surface area contributed by atoms with Gasteiger partial charge in [0.15, 0.2) is 0 Å². The van der Waals surface area contributed by atoms with Crippen LogP contribution >= 0.6 is 22.9 Å². The van der Waals surface area contributed by atoms with Gasteiger partial charge in [-0.05, 0) is 25.0 Å². The number of rotatable bonds is 6. The number of nitrogens with zero attached hydrogens (tertiary/aromatic N) is 3. The lowest BCUT2D eigenvalue weighted by atomic mass is 10.1. The smallest absolute Gasteiger partial charge is 0.316 e. The van der Waals surface area contributed by atoms with E-state index in [0.717, 1.165) is 22.6 Å². The molecule has 1 aliphatic rings. The van der Waals surface area contributed by atoms with Gasteiger partial charge in [-0.15, -0.1) is 11.3 Å². The molecule has 1 N–H and O–H groups in total. The number of thiophene rings is 1. The van der Waals surface area contributed by atoms with E-state index in [9.17, 15) is 13.2 Å². The number of hydrogen-bond donors (Lipinski definition) is 1. The standard InChI is InChI=1S/C16H19ClN4O4S2/c1-11(22)18-9-14-4-5-15(26-14)27(23,24)21-6-2-3-13(10-21)25-16-19-7-12(17)8-20-16/h4-5,7-8,13H,2-3,6,9-10H2,1H3,(H,18,22). The second kappa shape index (κ2) is 8.51. The van der Waals surface area contributed by atoms with Crippen molar-refractivity contribution >= 4 is 38.9 Å². The molecule has 0 aromatic carbocycles. The van der Waals surface area contributed by atoms with Crippen LogP contribution in [0.2, 0.25) is 5.02 Å². The first kappa shape index (κ1) is 20.0. The van der Waals surface area contributed by atoms with E-state index < -0.39 is 10.0 Å². The van der Waals surface area contributed by atoms with Gasteiger partial charge in [0.1, 0.15) is 10.3 Å². The van der Waals surface area contributed by atoms with Crippen molar-refractivity contribution in [1.29, 1.82) is 0 Å². The summed E-state index contributed by atoms with van der Waals surface area (Å²) in [6, 6.07) is 3.47. The van der Waals surface area contributed by atoms with Crippen LogP contribution in [0.15, 0.2) is 28.7 Å². The van der Waals surface area contributed by atoms with Crippen LogP contribution < -0.4 is 10.1 Å². The summed E-state index contributed by atoms with van der Waals surface area (Å²) in [5.41, 5.74) is 0. The Balaban J connectivity index is 1.67. The first-order chi connectivity index (χ1) is 12.8. The molecule has 1 amide bonds. The van der Waals surface area contributed by atoms with Crippen molar-refractivity contribution in [3.05, 3.63) is 34.4 Å². The fourth-order valence-corrected chi connectivity index (χ4v) is 5.72. The molecule has 2 aromatic heterocycles. The Kier molecular flexibility index (Phi) is 6.30. The Hall–Kier alpha value is -1.75. The average Bonchev–Trinajstić information content (AvgIpc) is 3.12. The number of piperidine rings is 1. The predicted octanol–water partition coefficient (Wildman–Crippen LogP) is 2.06. The van der Waals surface area contributed by atoms with E-state index in [2.05, 4.69) is 15.3 Å². The fraction of sp³-hybridized carbons (Fsp3) is 0.438. The molecule has 3 heterocycles. The molecule has 27 heavy (non-hydrogen) atoms. The third-order valence-corrected chi connectivity index (χ3v) is 7.57. The number of nitrogens with one attached hydrogen (secondary N) is 1. The van der Waals surface area contributed by atoms with E-state index in [1.54, 1.807) is 12.1 Å². The number of carbonyl (C=O) groups is 1. The molecule has 0 bridgehead atoms. The van der Waals surface area contributed by atoms with Gasteiger partial charge in [-0.1, -0.05) is 11.6 Å². The van der Waals surface area contributed by atoms with E-state index in [1.807, 2.05) is 0 Å². The van der Waals surface area contributed by atoms with Crippen molar-refractivity contribution < 1.29 is 17.9 Å². The summed E-state index contributed by atoms with van der Waals surface area (Å²) in [4.78, 5) is 19.8. The lowest BCUT2D eigenvalue weighted by molar-refractivity contribution is -0.119. The Morgan fingerprint density at radius 1 is 1.41 bits per heavy atom. The van der Waals surface area contributed by atoms with Crippen molar-refractivity contribution in [2.24, 2.45) is 0 Å². The lowest BCUT2D eigenvalue weighted by Gasteiger charge is -2.31. The number of carbonyl (C=O) groups excluding carboxylic acids is 1. The molecule has 2 aromatic rings. The van der Waals surface area contributed by atoms with Crippen molar-refractivity contribution in [3.8, 4) is 6.01 Å². The third-order valence-electron chi connectivity index (χ3n) is 3.95. The van der Waals surface area contributed by atoms with Gasteiger partial charge >= 0.3 is 6.01 Å². The van der Waals surface area contributed by atoms with Gasteiger partial charge in [0, 0.05) is 18.3 Å². The average molecular weight is 431 g/mol. The highest BCUT2D eigenvalue weighted by Crippen LogP contribution is 2.28. The molecule has 1 fully saturated rings. The number of halogens is 1. The molecule has 146 valence electrons. The van der Waals surface area contributed by atoms with Gasteiger partial charge in [0.05, 0.1) is 30.5 Å². The first-order valence-corrected chi connectivity index (χ1v) is 11.0. The molecule has 1 atom stereocenters. The zero-order valence-electron chi connectivity index (χ0n) is 14.6. The number of aromatic nitrogens is 2. The normalized spacial score (nSPS) is 18.2. The molecular formula is C16H19ClN4O4S2. The molecule has 11 heteroatoms. The molecular weight excluding hydrogens is 412 g/mol. The van der Waals surface area contributed by atoms with Crippen LogP contribution in [0.4, 0.5) is 0 Å². The molecule has 0 saturated carbocycles. The van der Waals surface area contributed by atoms with E-state index in [0.29, 0.717) is 24.5 Å². The number of sulfonamides is 1. The highest BCUT2D eigenvalue weighted by molar-refractivity contribution is 7.91. The van der Waals surface area contributed by atoms with E-state index in [1.165, 1.54) is 23.6 Å². The molecule has 0 spiro atoms. The zero-order valence-corrected chi connectivity index (χ0v) is 17.0. The molecule has 0 radical (unpaired) electrons. The predicted molar refractivity (Wildman–Crippen MR) is 101 cm³/mol. The second-order valence-corrected chi connectivity index (χ2v) is 9.83. The van der Waals surface area contributed by atoms with Gasteiger partial charge < -0.3 is 10.1 Å². The molecule has 0 aliphatic carbocycles. The van der Waals surface area contributed by atoms with Gasteiger partial charge in [-0.2, -0.15) is 4.31 Å². The number of ether oxygens (including phenoxy) is 1. The van der Waals surface area contributed by atoms with Gasteiger partial charge in [0.25, 0.3) is 10.0 Å².